The molecule has 71 heavy (non-hydrogen) atoms. The van der Waals surface area contributed by atoms with Gasteiger partial charge in [0.25, 0.3) is 0 Å². The Bertz CT molecular complexity index is 2970. The zero-order valence-electron chi connectivity index (χ0n) is 41.4. The quantitative estimate of drug-likeness (QED) is 0.0161. The summed E-state index contributed by atoms with van der Waals surface area (Å²) in [5.74, 6) is 6.75. The van der Waals surface area contributed by atoms with E-state index in [-0.39, 0.29) is 12.1 Å². The normalized spacial score (nSPS) is 12.4. The number of anilines is 1. The van der Waals surface area contributed by atoms with E-state index < -0.39 is 0 Å². The van der Waals surface area contributed by atoms with Crippen LogP contribution in [0.1, 0.15) is 66.3 Å². The molecule has 10 heteroatoms. The van der Waals surface area contributed by atoms with Crippen LogP contribution in [0, 0.1) is 11.8 Å². The van der Waals surface area contributed by atoms with Gasteiger partial charge in [-0.05, 0) is 79.1 Å². The zero-order valence-corrected chi connectivity index (χ0v) is 41.4. The summed E-state index contributed by atoms with van der Waals surface area (Å²) >= 11 is 0. The summed E-state index contributed by atoms with van der Waals surface area (Å²) in [4.78, 5) is 9.13. The Labute approximate surface area is 421 Å². The third-order valence-electron chi connectivity index (χ3n) is 12.9. The number of nitrogens with zero attached hydrogens (tertiary/aromatic N) is 1. The van der Waals surface area contributed by atoms with Crippen LogP contribution in [0.5, 0.6) is 0 Å². The molecule has 0 amide bonds. The number of nitrogens with two attached hydrogens (primary N) is 1. The molecule has 4 aromatic carbocycles. The summed E-state index contributed by atoms with van der Waals surface area (Å²) in [6.07, 6.45) is 11.2. The van der Waals surface area contributed by atoms with Crippen molar-refractivity contribution >= 4 is 27.5 Å². The number of para-hydroxylation sites is 3. The number of rotatable bonds is 30. The van der Waals surface area contributed by atoms with Crippen molar-refractivity contribution in [2.24, 2.45) is 5.73 Å². The van der Waals surface area contributed by atoms with Crippen LogP contribution in [0.15, 0.2) is 208 Å². The summed E-state index contributed by atoms with van der Waals surface area (Å²) in [5.41, 5.74) is 21.7. The van der Waals surface area contributed by atoms with Gasteiger partial charge in [-0.3, -0.25) is 0 Å². The SMILES string of the molecule is C=C(N)CNC(=C)C(Cc1c[nH]c2ccccc12)NC(=C)CNC(=C)C(Cc1c[nH]c2ccccc12)NC(=C)CNC(=C)CCCCCNC(=C)CCC(=C)N1Cc2ccccc2C#Cc2ccccc21. The molecule has 1 aliphatic heterocycles. The molecule has 2 unspecified atom stereocenters. The number of benzene rings is 4. The second-order valence-electron chi connectivity index (χ2n) is 18.5. The van der Waals surface area contributed by atoms with Gasteiger partial charge in [0.05, 0.1) is 37.4 Å². The van der Waals surface area contributed by atoms with Gasteiger partial charge in [-0.1, -0.05) is 138 Å². The van der Waals surface area contributed by atoms with Crippen molar-refractivity contribution in [3.8, 4) is 11.8 Å². The molecule has 0 saturated heterocycles. The number of aromatic nitrogens is 2. The van der Waals surface area contributed by atoms with E-state index in [1.54, 1.807) is 0 Å². The van der Waals surface area contributed by atoms with Gasteiger partial charge in [0, 0.05) is 117 Å². The molecule has 10 N–H and O–H groups in total. The lowest BCUT2D eigenvalue weighted by molar-refractivity contribution is 0.557. The van der Waals surface area contributed by atoms with Crippen LogP contribution in [-0.4, -0.2) is 48.2 Å². The lowest BCUT2D eigenvalue weighted by Gasteiger charge is -2.29. The molecule has 6 aromatic rings. The lowest BCUT2D eigenvalue weighted by atomic mass is 10.0. The number of hydrogen-bond donors (Lipinski definition) is 9. The van der Waals surface area contributed by atoms with Crippen LogP contribution in [0.25, 0.3) is 21.8 Å². The maximum Gasteiger partial charge on any atom is 0.0692 e. The number of aromatic amines is 2. The average Bonchev–Trinajstić information content (AvgIpc) is 3.98. The minimum atomic E-state index is -0.165. The van der Waals surface area contributed by atoms with Crippen LogP contribution in [0.4, 0.5) is 5.69 Å². The van der Waals surface area contributed by atoms with Gasteiger partial charge < -0.3 is 52.5 Å². The zero-order chi connectivity index (χ0) is 50.1. The summed E-state index contributed by atoms with van der Waals surface area (Å²) in [6, 6.07) is 33.0. The smallest absolute Gasteiger partial charge is 0.0692 e. The van der Waals surface area contributed by atoms with Gasteiger partial charge in [0.1, 0.15) is 0 Å². The highest BCUT2D eigenvalue weighted by molar-refractivity contribution is 5.84. The first kappa shape index (κ1) is 50.7. The second kappa shape index (κ2) is 24.9. The van der Waals surface area contributed by atoms with Crippen LogP contribution in [0.3, 0.4) is 0 Å². The minimum absolute atomic E-state index is 0.163. The summed E-state index contributed by atoms with van der Waals surface area (Å²) < 4.78 is 0. The molecule has 0 fully saturated rings. The van der Waals surface area contributed by atoms with Gasteiger partial charge in [-0.2, -0.15) is 0 Å². The van der Waals surface area contributed by atoms with Crippen molar-refractivity contribution < 1.29 is 0 Å². The number of hydrogen-bond acceptors (Lipinski definition) is 8. The van der Waals surface area contributed by atoms with Gasteiger partial charge in [0.2, 0.25) is 0 Å². The highest BCUT2D eigenvalue weighted by Gasteiger charge is 2.21. The highest BCUT2D eigenvalue weighted by Crippen LogP contribution is 2.30. The van der Waals surface area contributed by atoms with E-state index in [0.29, 0.717) is 38.2 Å². The monoisotopic (exact) mass is 945 g/mol. The first-order chi connectivity index (χ1) is 34.4. The topological polar surface area (TPSA) is 133 Å². The fourth-order valence-electron chi connectivity index (χ4n) is 8.86. The maximum atomic E-state index is 5.91. The van der Waals surface area contributed by atoms with Crippen molar-refractivity contribution in [2.45, 2.75) is 70.0 Å². The Morgan fingerprint density at radius 2 is 1.08 bits per heavy atom. The summed E-state index contributed by atoms with van der Waals surface area (Å²) in [6.45, 7) is 37.8. The van der Waals surface area contributed by atoms with E-state index in [4.69, 9.17) is 5.73 Å². The first-order valence-electron chi connectivity index (χ1n) is 24.7. The molecule has 3 heterocycles. The number of allylic oxidation sites excluding steroid dienone is 3. The highest BCUT2D eigenvalue weighted by atomic mass is 15.1. The van der Waals surface area contributed by atoms with Crippen LogP contribution in [0.2, 0.25) is 0 Å². The van der Waals surface area contributed by atoms with Crippen molar-refractivity contribution in [1.82, 2.24) is 41.9 Å². The van der Waals surface area contributed by atoms with E-state index >= 15 is 0 Å². The van der Waals surface area contributed by atoms with Crippen LogP contribution < -0.4 is 42.5 Å². The van der Waals surface area contributed by atoms with E-state index in [9.17, 15) is 0 Å². The molecule has 1 aliphatic rings. The molecule has 7 rings (SSSR count). The van der Waals surface area contributed by atoms with Crippen molar-refractivity contribution in [1.29, 1.82) is 0 Å². The predicted molar refractivity (Wildman–Crippen MR) is 300 cm³/mol. The third kappa shape index (κ3) is 14.4. The Morgan fingerprint density at radius 1 is 0.549 bits per heavy atom. The Morgan fingerprint density at radius 3 is 1.73 bits per heavy atom. The molecule has 0 spiro atoms. The van der Waals surface area contributed by atoms with Gasteiger partial charge in [-0.15, -0.1) is 0 Å². The van der Waals surface area contributed by atoms with Gasteiger partial charge in [-0.25, -0.2) is 0 Å². The lowest BCUT2D eigenvalue weighted by Crippen LogP contribution is -2.42. The predicted octanol–water partition coefficient (Wildman–Crippen LogP) is 10.5. The molecule has 2 aromatic heterocycles. The fraction of sp³-hybridized carbons (Fsp3) is 0.246. The number of fused-ring (bicyclic) bond motifs is 4. The van der Waals surface area contributed by atoms with E-state index in [2.05, 4.69) is 196 Å². The number of unbranched alkanes of at least 4 members (excludes halogenated alkanes) is 2. The van der Waals surface area contributed by atoms with Crippen molar-refractivity contribution in [3.05, 3.63) is 235 Å². The van der Waals surface area contributed by atoms with Gasteiger partial charge in [0.15, 0.2) is 0 Å². The average molecular weight is 945 g/mol. The van der Waals surface area contributed by atoms with E-state index in [1.807, 2.05) is 24.3 Å². The molecule has 0 bridgehead atoms. The molecule has 10 nitrogen and oxygen atoms in total. The summed E-state index contributed by atoms with van der Waals surface area (Å²) in [5, 5.41) is 23.6. The Balaban J connectivity index is 0.842. The molecule has 366 valence electrons. The van der Waals surface area contributed by atoms with Crippen molar-refractivity contribution in [3.63, 3.8) is 0 Å². The second-order valence-corrected chi connectivity index (χ2v) is 18.5. The molecule has 0 radical (unpaired) electrons. The molecule has 2 atom stereocenters. The summed E-state index contributed by atoms with van der Waals surface area (Å²) in [7, 11) is 0. The van der Waals surface area contributed by atoms with Gasteiger partial charge >= 0.3 is 0 Å². The Kier molecular flexibility index (Phi) is 17.8. The number of nitrogens with one attached hydrogen (secondary N) is 8. The van der Waals surface area contributed by atoms with Crippen molar-refractivity contribution in [2.75, 3.05) is 31.1 Å². The first-order valence-corrected chi connectivity index (χ1v) is 24.7. The van der Waals surface area contributed by atoms with Crippen LogP contribution >= 0.6 is 0 Å². The molecular formula is C61H72N10. The fourth-order valence-corrected chi connectivity index (χ4v) is 8.86. The number of H-pyrrole nitrogens is 2. The molecule has 0 aliphatic carbocycles. The molecular weight excluding hydrogens is 873 g/mol. The van der Waals surface area contributed by atoms with Crippen LogP contribution in [-0.2, 0) is 19.4 Å². The standard InChI is InChI=1S/C61H72N10/c1-42(62)36-65-48(7)59(34-53-39-67-57-26-16-14-24-55(53)57)70-46(5)38-66-49(8)60(35-54-40-68-58-27-17-15-25-56(54)58)69-45(4)37-64-43(2)20-10-9-19-33-63-44(3)29-30-47(6)71-41-52-23-12-11-21-50(52)31-32-51-22-13-18-28-61(51)71/h11-18,21-28,39-40,59-60,63-70H,1-10,19-20,29-30,33-38,41,62H2. The molecule has 0 saturated carbocycles. The third-order valence-corrected chi connectivity index (χ3v) is 12.9. The largest absolute Gasteiger partial charge is 0.401 e. The van der Waals surface area contributed by atoms with E-state index in [1.165, 1.54) is 27.5 Å². The van der Waals surface area contributed by atoms with E-state index in [0.717, 1.165) is 119 Å². The maximum absolute atomic E-state index is 5.91. The minimum Gasteiger partial charge on any atom is -0.401 e. The Hall–Kier alpha value is -8.16.